The second-order valence-electron chi connectivity index (χ2n) is 6.45. The molecule has 2 fully saturated rings. The van der Waals surface area contributed by atoms with Gasteiger partial charge in [-0.3, -0.25) is 4.90 Å². The first-order valence-electron chi connectivity index (χ1n) is 8.35. The molecule has 0 N–H and O–H groups in total. The molecular formula is C16H20N6O2. The van der Waals surface area contributed by atoms with Crippen molar-refractivity contribution in [1.29, 1.82) is 5.26 Å². The Morgan fingerprint density at radius 3 is 2.50 bits per heavy atom. The number of nitrogens with zero attached hydrogens (tertiary/aromatic N) is 6. The Bertz CT molecular complexity index is 764. The number of oxazole rings is 1. The zero-order chi connectivity index (χ0) is 16.7. The third kappa shape index (κ3) is 2.76. The standard InChI is InChI=1S/C16H20N6O2/c1-10(14-20-19-11(2)23-14)21-5-7-22(8-6-21)16-13(9-17)18-15(24-16)12-3-4-12/h10,12H,3-8H2,1-2H3/t10-/m1/s1. The molecule has 1 aliphatic carbocycles. The van der Waals surface area contributed by atoms with Crippen LogP contribution < -0.4 is 4.90 Å². The number of hydrogen-bond acceptors (Lipinski definition) is 8. The summed E-state index contributed by atoms with van der Waals surface area (Å²) >= 11 is 0. The molecule has 126 valence electrons. The van der Waals surface area contributed by atoms with Crippen LogP contribution in [0.5, 0.6) is 0 Å². The van der Waals surface area contributed by atoms with Crippen LogP contribution >= 0.6 is 0 Å². The quantitative estimate of drug-likeness (QED) is 0.841. The minimum absolute atomic E-state index is 0.0838. The highest BCUT2D eigenvalue weighted by atomic mass is 16.4. The van der Waals surface area contributed by atoms with Crippen molar-refractivity contribution in [3.63, 3.8) is 0 Å². The third-order valence-corrected chi connectivity index (χ3v) is 4.71. The van der Waals surface area contributed by atoms with Crippen molar-refractivity contribution in [2.75, 3.05) is 31.1 Å². The van der Waals surface area contributed by atoms with Gasteiger partial charge in [-0.05, 0) is 19.8 Å². The van der Waals surface area contributed by atoms with Crippen molar-refractivity contribution in [2.45, 2.75) is 38.6 Å². The summed E-state index contributed by atoms with van der Waals surface area (Å²) in [4.78, 5) is 8.76. The summed E-state index contributed by atoms with van der Waals surface area (Å²) in [6.45, 7) is 7.12. The predicted octanol–water partition coefficient (Wildman–Crippen LogP) is 2.00. The largest absolute Gasteiger partial charge is 0.424 e. The fraction of sp³-hybridized carbons (Fsp3) is 0.625. The van der Waals surface area contributed by atoms with Crippen molar-refractivity contribution < 1.29 is 8.83 Å². The van der Waals surface area contributed by atoms with Crippen LogP contribution in [0.2, 0.25) is 0 Å². The van der Waals surface area contributed by atoms with Gasteiger partial charge >= 0.3 is 0 Å². The van der Waals surface area contributed by atoms with Crippen LogP contribution in [0, 0.1) is 18.3 Å². The van der Waals surface area contributed by atoms with Crippen LogP contribution in [0.1, 0.15) is 55.1 Å². The summed E-state index contributed by atoms with van der Waals surface area (Å²) in [7, 11) is 0. The van der Waals surface area contributed by atoms with E-state index in [-0.39, 0.29) is 6.04 Å². The highest BCUT2D eigenvalue weighted by Gasteiger charge is 2.33. The molecule has 2 aromatic rings. The van der Waals surface area contributed by atoms with Gasteiger partial charge in [0.1, 0.15) is 6.07 Å². The number of nitriles is 1. The molecule has 4 rings (SSSR count). The summed E-state index contributed by atoms with van der Waals surface area (Å²) in [6.07, 6.45) is 2.22. The first kappa shape index (κ1) is 15.1. The summed E-state index contributed by atoms with van der Waals surface area (Å²) in [6, 6.07) is 2.25. The minimum atomic E-state index is 0.0838. The molecule has 1 atom stereocenters. The lowest BCUT2D eigenvalue weighted by Crippen LogP contribution is -2.47. The molecule has 0 bridgehead atoms. The molecule has 0 spiro atoms. The lowest BCUT2D eigenvalue weighted by atomic mass is 10.2. The van der Waals surface area contributed by atoms with Gasteiger partial charge in [-0.2, -0.15) is 5.26 Å². The molecule has 2 aromatic heterocycles. The van der Waals surface area contributed by atoms with Crippen molar-refractivity contribution in [1.82, 2.24) is 20.1 Å². The molecular weight excluding hydrogens is 308 g/mol. The highest BCUT2D eigenvalue weighted by molar-refractivity contribution is 5.48. The van der Waals surface area contributed by atoms with Gasteiger partial charge in [0.2, 0.25) is 29.3 Å². The second kappa shape index (κ2) is 5.91. The van der Waals surface area contributed by atoms with Gasteiger partial charge in [0.15, 0.2) is 0 Å². The average molecular weight is 328 g/mol. The van der Waals surface area contributed by atoms with Gasteiger partial charge in [0.25, 0.3) is 0 Å². The summed E-state index contributed by atoms with van der Waals surface area (Å²) < 4.78 is 11.4. The zero-order valence-corrected chi connectivity index (χ0v) is 13.9. The topological polar surface area (TPSA) is 95.2 Å². The maximum atomic E-state index is 9.32. The predicted molar refractivity (Wildman–Crippen MR) is 84.4 cm³/mol. The van der Waals surface area contributed by atoms with Crippen LogP contribution in [0.4, 0.5) is 5.88 Å². The van der Waals surface area contributed by atoms with Gasteiger partial charge in [-0.25, -0.2) is 4.98 Å². The average Bonchev–Trinajstić information content (AvgIpc) is 3.22. The molecule has 2 aliphatic rings. The summed E-state index contributed by atoms with van der Waals surface area (Å²) in [5, 5.41) is 17.3. The lowest BCUT2D eigenvalue weighted by molar-refractivity contribution is 0.170. The Morgan fingerprint density at radius 1 is 1.17 bits per heavy atom. The smallest absolute Gasteiger partial charge is 0.234 e. The normalized spacial score (nSPS) is 20.1. The van der Waals surface area contributed by atoms with Gasteiger partial charge in [-0.15, -0.1) is 10.2 Å². The molecule has 0 amide bonds. The Hall–Kier alpha value is -2.40. The van der Waals surface area contributed by atoms with E-state index in [1.807, 2.05) is 0 Å². The minimum Gasteiger partial charge on any atom is -0.424 e. The maximum Gasteiger partial charge on any atom is 0.234 e. The maximum absolute atomic E-state index is 9.32. The molecule has 3 heterocycles. The van der Waals surface area contributed by atoms with Crippen molar-refractivity contribution in [3.05, 3.63) is 23.4 Å². The number of rotatable bonds is 4. The Balaban J connectivity index is 1.43. The van der Waals surface area contributed by atoms with E-state index in [0.29, 0.717) is 29.3 Å². The van der Waals surface area contributed by atoms with Gasteiger partial charge in [0, 0.05) is 39.0 Å². The fourth-order valence-corrected chi connectivity index (χ4v) is 3.07. The van der Waals surface area contributed by atoms with Crippen LogP contribution in [-0.4, -0.2) is 46.3 Å². The lowest BCUT2D eigenvalue weighted by Gasteiger charge is -2.36. The number of piperazine rings is 1. The first-order valence-corrected chi connectivity index (χ1v) is 8.35. The van der Waals surface area contributed by atoms with Crippen LogP contribution in [0.25, 0.3) is 0 Å². The second-order valence-corrected chi connectivity index (χ2v) is 6.45. The van der Waals surface area contributed by atoms with Gasteiger partial charge in [0.05, 0.1) is 6.04 Å². The van der Waals surface area contributed by atoms with Crippen molar-refractivity contribution in [3.8, 4) is 6.07 Å². The summed E-state index contributed by atoms with van der Waals surface area (Å²) in [5.74, 6) is 2.99. The third-order valence-electron chi connectivity index (χ3n) is 4.71. The van der Waals surface area contributed by atoms with Gasteiger partial charge in [-0.1, -0.05) is 0 Å². The molecule has 1 aliphatic heterocycles. The monoisotopic (exact) mass is 328 g/mol. The van der Waals surface area contributed by atoms with E-state index in [0.717, 1.165) is 44.9 Å². The van der Waals surface area contributed by atoms with E-state index < -0.39 is 0 Å². The van der Waals surface area contributed by atoms with Crippen molar-refractivity contribution in [2.24, 2.45) is 0 Å². The van der Waals surface area contributed by atoms with Crippen LogP contribution in [0.3, 0.4) is 0 Å². The van der Waals surface area contributed by atoms with Crippen LogP contribution in [-0.2, 0) is 0 Å². The zero-order valence-electron chi connectivity index (χ0n) is 13.9. The van der Waals surface area contributed by atoms with Gasteiger partial charge < -0.3 is 13.7 Å². The Labute approximate surface area is 140 Å². The molecule has 1 saturated carbocycles. The molecule has 8 nitrogen and oxygen atoms in total. The Kier molecular flexibility index (Phi) is 3.73. The van der Waals surface area contributed by atoms with E-state index in [4.69, 9.17) is 8.83 Å². The number of aryl methyl sites for hydroxylation is 1. The number of anilines is 1. The van der Waals surface area contributed by atoms with Crippen LogP contribution in [0.15, 0.2) is 8.83 Å². The number of hydrogen-bond donors (Lipinski definition) is 0. The highest BCUT2D eigenvalue weighted by Crippen LogP contribution is 2.41. The molecule has 0 radical (unpaired) electrons. The molecule has 0 unspecified atom stereocenters. The van der Waals surface area contributed by atoms with E-state index in [1.165, 1.54) is 0 Å². The van der Waals surface area contributed by atoms with E-state index in [9.17, 15) is 5.26 Å². The van der Waals surface area contributed by atoms with E-state index in [2.05, 4.69) is 38.0 Å². The number of aromatic nitrogens is 3. The molecule has 1 saturated heterocycles. The SMILES string of the molecule is Cc1nnc([C@@H](C)N2CCN(c3oc(C4CC4)nc3C#N)CC2)o1. The first-order chi connectivity index (χ1) is 11.7. The Morgan fingerprint density at radius 2 is 1.92 bits per heavy atom. The van der Waals surface area contributed by atoms with Crippen molar-refractivity contribution >= 4 is 5.88 Å². The van der Waals surface area contributed by atoms with E-state index in [1.54, 1.807) is 6.92 Å². The molecule has 24 heavy (non-hydrogen) atoms. The molecule has 8 heteroatoms. The molecule has 0 aromatic carbocycles. The van der Waals surface area contributed by atoms with E-state index >= 15 is 0 Å². The summed E-state index contributed by atoms with van der Waals surface area (Å²) in [5.41, 5.74) is 0.408. The fourth-order valence-electron chi connectivity index (χ4n) is 3.07.